The van der Waals surface area contributed by atoms with Crippen LogP contribution in [0.2, 0.25) is 0 Å². The highest BCUT2D eigenvalue weighted by Gasteiger charge is 2.24. The maximum absolute atomic E-state index is 6.01. The average Bonchev–Trinajstić information content (AvgIpc) is 3.05. The summed E-state index contributed by atoms with van der Waals surface area (Å²) in [4.78, 5) is 6.94. The van der Waals surface area contributed by atoms with Crippen LogP contribution in [-0.2, 0) is 17.9 Å². The van der Waals surface area contributed by atoms with Crippen molar-refractivity contribution in [2.75, 3.05) is 26.7 Å². The van der Waals surface area contributed by atoms with E-state index in [0.29, 0.717) is 12.6 Å². The Morgan fingerprint density at radius 1 is 1.21 bits per heavy atom. The van der Waals surface area contributed by atoms with Gasteiger partial charge in [-0.15, -0.1) is 0 Å². The molecule has 1 saturated heterocycles. The lowest BCUT2D eigenvalue weighted by molar-refractivity contribution is 0.000898. The molecule has 2 aliphatic heterocycles. The zero-order valence-corrected chi connectivity index (χ0v) is 14.3. The van der Waals surface area contributed by atoms with Gasteiger partial charge < -0.3 is 19.5 Å². The van der Waals surface area contributed by atoms with E-state index in [0.717, 1.165) is 18.9 Å². The molecular formula is C19H26N4O. The summed E-state index contributed by atoms with van der Waals surface area (Å²) in [6, 6.07) is 11.1. The first-order valence-electron chi connectivity index (χ1n) is 8.93. The summed E-state index contributed by atoms with van der Waals surface area (Å²) in [5.41, 5.74) is 2.42. The monoisotopic (exact) mass is 326 g/mol. The van der Waals surface area contributed by atoms with Crippen LogP contribution in [0.15, 0.2) is 36.5 Å². The molecule has 5 nitrogen and oxygen atoms in total. The summed E-state index contributed by atoms with van der Waals surface area (Å²) >= 11 is 0. The van der Waals surface area contributed by atoms with E-state index in [1.165, 1.54) is 37.2 Å². The summed E-state index contributed by atoms with van der Waals surface area (Å²) in [6.07, 6.45) is 4.65. The predicted octanol–water partition coefficient (Wildman–Crippen LogP) is 2.13. The Labute approximate surface area is 143 Å². The molecule has 128 valence electrons. The largest absolute Gasteiger partial charge is 0.367 e. The predicted molar refractivity (Wildman–Crippen MR) is 94.8 cm³/mol. The Hall–Kier alpha value is -1.69. The van der Waals surface area contributed by atoms with E-state index in [1.54, 1.807) is 0 Å². The number of likely N-dealkylation sites (tertiary alicyclic amines) is 1. The summed E-state index contributed by atoms with van der Waals surface area (Å²) in [5, 5.41) is 3.71. The second-order valence-electron chi connectivity index (χ2n) is 6.96. The maximum atomic E-state index is 6.01. The minimum atomic E-state index is 0.216. The summed E-state index contributed by atoms with van der Waals surface area (Å²) in [7, 11) is 2.20. The molecule has 1 atom stereocenters. The van der Waals surface area contributed by atoms with Gasteiger partial charge in [0.25, 0.3) is 0 Å². The Morgan fingerprint density at radius 3 is 2.79 bits per heavy atom. The van der Waals surface area contributed by atoms with Crippen molar-refractivity contribution in [3.05, 3.63) is 42.4 Å². The Morgan fingerprint density at radius 2 is 2.00 bits per heavy atom. The second-order valence-corrected chi connectivity index (χ2v) is 6.96. The SMILES string of the molecule is CN1CCC(NC[C@H]2Cn3c(-c4ccccc4)cnc3CO2)CC1. The fourth-order valence-corrected chi connectivity index (χ4v) is 3.66. The third kappa shape index (κ3) is 3.38. The number of hydrogen-bond donors (Lipinski definition) is 1. The Balaban J connectivity index is 1.39. The number of piperidine rings is 1. The molecule has 0 amide bonds. The summed E-state index contributed by atoms with van der Waals surface area (Å²) in [6.45, 7) is 4.77. The van der Waals surface area contributed by atoms with E-state index in [-0.39, 0.29) is 6.10 Å². The van der Waals surface area contributed by atoms with Crippen molar-refractivity contribution >= 4 is 0 Å². The Bertz CT molecular complexity index is 661. The van der Waals surface area contributed by atoms with Gasteiger partial charge in [-0.2, -0.15) is 0 Å². The highest BCUT2D eigenvalue weighted by Crippen LogP contribution is 2.24. The molecule has 5 heteroatoms. The van der Waals surface area contributed by atoms with Gasteiger partial charge in [0.1, 0.15) is 12.4 Å². The van der Waals surface area contributed by atoms with E-state index in [9.17, 15) is 0 Å². The molecule has 1 N–H and O–H groups in total. The fourth-order valence-electron chi connectivity index (χ4n) is 3.66. The standard InChI is InChI=1S/C19H26N4O/c1-22-9-7-16(8-10-22)20-11-17-13-23-18(12-21-19(23)14-24-17)15-5-3-2-4-6-15/h2-6,12,16-17,20H,7-11,13-14H2,1H3/t17-/m0/s1. The minimum absolute atomic E-state index is 0.216. The van der Waals surface area contributed by atoms with Crippen molar-refractivity contribution in [3.8, 4) is 11.3 Å². The molecule has 24 heavy (non-hydrogen) atoms. The minimum Gasteiger partial charge on any atom is -0.367 e. The molecule has 0 bridgehead atoms. The molecule has 1 fully saturated rings. The van der Waals surface area contributed by atoms with Crippen molar-refractivity contribution in [1.82, 2.24) is 19.8 Å². The van der Waals surface area contributed by atoms with Gasteiger partial charge in [-0.3, -0.25) is 0 Å². The van der Waals surface area contributed by atoms with Gasteiger partial charge in [-0.05, 0) is 38.5 Å². The number of fused-ring (bicyclic) bond motifs is 1. The number of aromatic nitrogens is 2. The van der Waals surface area contributed by atoms with E-state index in [1.807, 2.05) is 6.20 Å². The van der Waals surface area contributed by atoms with Crippen molar-refractivity contribution in [3.63, 3.8) is 0 Å². The molecule has 1 aromatic heterocycles. The average molecular weight is 326 g/mol. The van der Waals surface area contributed by atoms with Crippen molar-refractivity contribution in [1.29, 1.82) is 0 Å². The molecule has 0 spiro atoms. The molecule has 4 rings (SSSR count). The molecule has 1 aromatic carbocycles. The summed E-state index contributed by atoms with van der Waals surface area (Å²) < 4.78 is 8.33. The zero-order chi connectivity index (χ0) is 16.4. The number of hydrogen-bond acceptors (Lipinski definition) is 4. The van der Waals surface area contributed by atoms with E-state index >= 15 is 0 Å². The lowest BCUT2D eigenvalue weighted by Crippen LogP contribution is -2.45. The van der Waals surface area contributed by atoms with Gasteiger partial charge in [-0.25, -0.2) is 4.98 Å². The quantitative estimate of drug-likeness (QED) is 0.935. The first kappa shape index (κ1) is 15.8. The highest BCUT2D eigenvalue weighted by atomic mass is 16.5. The molecule has 2 aromatic rings. The molecule has 0 radical (unpaired) electrons. The van der Waals surface area contributed by atoms with Gasteiger partial charge in [0.2, 0.25) is 0 Å². The summed E-state index contributed by atoms with van der Waals surface area (Å²) in [5.74, 6) is 1.03. The van der Waals surface area contributed by atoms with Crippen LogP contribution in [0.3, 0.4) is 0 Å². The number of imidazole rings is 1. The molecular weight excluding hydrogens is 300 g/mol. The molecule has 0 unspecified atom stereocenters. The number of nitrogens with one attached hydrogen (secondary N) is 1. The van der Waals surface area contributed by atoms with E-state index in [2.05, 4.69) is 57.1 Å². The molecule has 2 aliphatic rings. The number of ether oxygens (including phenoxy) is 1. The van der Waals surface area contributed by atoms with Crippen LogP contribution in [0.25, 0.3) is 11.3 Å². The molecule has 0 saturated carbocycles. The molecule has 3 heterocycles. The van der Waals surface area contributed by atoms with Crippen LogP contribution in [0.5, 0.6) is 0 Å². The van der Waals surface area contributed by atoms with Crippen LogP contribution >= 0.6 is 0 Å². The number of rotatable bonds is 4. The van der Waals surface area contributed by atoms with Crippen LogP contribution < -0.4 is 5.32 Å². The van der Waals surface area contributed by atoms with Crippen LogP contribution in [0.4, 0.5) is 0 Å². The van der Waals surface area contributed by atoms with Crippen LogP contribution in [0, 0.1) is 0 Å². The van der Waals surface area contributed by atoms with E-state index in [4.69, 9.17) is 4.74 Å². The van der Waals surface area contributed by atoms with Gasteiger partial charge in [0.05, 0.1) is 24.5 Å². The number of benzene rings is 1. The van der Waals surface area contributed by atoms with Crippen LogP contribution in [-0.4, -0.2) is 53.3 Å². The fraction of sp³-hybridized carbons (Fsp3) is 0.526. The topological polar surface area (TPSA) is 42.3 Å². The Kier molecular flexibility index (Phi) is 4.65. The third-order valence-corrected chi connectivity index (χ3v) is 5.19. The number of nitrogens with zero attached hydrogens (tertiary/aromatic N) is 3. The van der Waals surface area contributed by atoms with Gasteiger partial charge in [-0.1, -0.05) is 30.3 Å². The normalized spacial score (nSPS) is 22.5. The second kappa shape index (κ2) is 7.05. The first-order valence-corrected chi connectivity index (χ1v) is 8.93. The third-order valence-electron chi connectivity index (χ3n) is 5.19. The lowest BCUT2D eigenvalue weighted by atomic mass is 10.1. The van der Waals surface area contributed by atoms with Crippen LogP contribution in [0.1, 0.15) is 18.7 Å². The smallest absolute Gasteiger partial charge is 0.135 e. The zero-order valence-electron chi connectivity index (χ0n) is 14.3. The lowest BCUT2D eigenvalue weighted by Gasteiger charge is -2.32. The van der Waals surface area contributed by atoms with Crippen molar-refractivity contribution in [2.24, 2.45) is 0 Å². The van der Waals surface area contributed by atoms with Gasteiger partial charge >= 0.3 is 0 Å². The molecule has 0 aliphatic carbocycles. The van der Waals surface area contributed by atoms with E-state index < -0.39 is 0 Å². The first-order chi connectivity index (χ1) is 11.8. The van der Waals surface area contributed by atoms with Gasteiger partial charge in [0.15, 0.2) is 0 Å². The maximum Gasteiger partial charge on any atom is 0.135 e. The van der Waals surface area contributed by atoms with Gasteiger partial charge in [0, 0.05) is 12.6 Å². The van der Waals surface area contributed by atoms with Crippen molar-refractivity contribution in [2.45, 2.75) is 38.1 Å². The highest BCUT2D eigenvalue weighted by molar-refractivity contribution is 5.59. The van der Waals surface area contributed by atoms with Crippen molar-refractivity contribution < 1.29 is 4.74 Å².